The number of benzene rings is 1. The van der Waals surface area contributed by atoms with Crippen LogP contribution >= 0.6 is 22.9 Å². The molecule has 1 saturated heterocycles. The Morgan fingerprint density at radius 3 is 2.68 bits per heavy atom. The molecule has 12 heteroatoms. The molecule has 5 rings (SSSR count). The molecule has 1 aliphatic carbocycles. The molecule has 2 aliphatic heterocycles. The normalized spacial score (nSPS) is 26.6. The van der Waals surface area contributed by atoms with Crippen LogP contribution in [-0.4, -0.2) is 55.5 Å². The number of nitrogens with zero attached hydrogens (tertiary/aromatic N) is 3. The summed E-state index contributed by atoms with van der Waals surface area (Å²) < 4.78 is 44.7. The number of hydrogen-bond donors (Lipinski definition) is 1. The lowest BCUT2D eigenvalue weighted by Crippen LogP contribution is -2.37. The molecule has 180 valence electrons. The van der Waals surface area contributed by atoms with Gasteiger partial charge in [-0.25, -0.2) is 26.9 Å². The molecule has 34 heavy (non-hydrogen) atoms. The van der Waals surface area contributed by atoms with Crippen LogP contribution in [0.25, 0.3) is 0 Å². The standard InChI is InChI=1S/C22H22ClFN4O4S2/c1-3-32-22(29)17-18(12-5-4-11(24)8-15(12)23)26-20(21-25-6-7-33-21)27-19(17)16-13-9-28(10-14(13)16)34(2,30)31/h4-8,13-14,16,18H,3,9-10H2,1-2H3,(H,26,27)/t13-,14+,16+,18?. The predicted molar refractivity (Wildman–Crippen MR) is 126 cm³/mol. The van der Waals surface area contributed by atoms with Gasteiger partial charge in [-0.15, -0.1) is 11.3 Å². The fraction of sp³-hybridized carbons (Fsp3) is 0.409. The molecule has 1 aromatic heterocycles. The molecule has 0 radical (unpaired) electrons. The number of sulfonamides is 1. The maximum atomic E-state index is 13.8. The highest BCUT2D eigenvalue weighted by Crippen LogP contribution is 2.57. The van der Waals surface area contributed by atoms with Gasteiger partial charge in [0.2, 0.25) is 10.0 Å². The second-order valence-corrected chi connectivity index (χ2v) is 11.8. The first kappa shape index (κ1) is 23.4. The third-order valence-corrected chi connectivity index (χ3v) is 8.77. The third-order valence-electron chi connectivity index (χ3n) is 6.43. The molecular weight excluding hydrogens is 503 g/mol. The number of nitrogens with one attached hydrogen (secondary N) is 1. The molecule has 2 aromatic rings. The highest BCUT2D eigenvalue weighted by atomic mass is 35.5. The second kappa shape index (κ2) is 8.71. The molecular formula is C22H22ClFN4O4S2. The number of piperidine rings is 1. The number of carbonyl (C=O) groups is 1. The molecule has 1 N–H and O–H groups in total. The first-order chi connectivity index (χ1) is 16.2. The highest BCUT2D eigenvalue weighted by Gasteiger charge is 2.60. The minimum atomic E-state index is -3.29. The van der Waals surface area contributed by atoms with E-state index < -0.39 is 27.9 Å². The summed E-state index contributed by atoms with van der Waals surface area (Å²) in [4.78, 5) is 22.3. The largest absolute Gasteiger partial charge is 0.463 e. The van der Waals surface area contributed by atoms with E-state index in [2.05, 4.69) is 10.3 Å². The fourth-order valence-electron chi connectivity index (χ4n) is 4.85. The van der Waals surface area contributed by atoms with Crippen molar-refractivity contribution in [2.75, 3.05) is 26.0 Å². The van der Waals surface area contributed by atoms with Gasteiger partial charge in [0.05, 0.1) is 18.4 Å². The number of allylic oxidation sites excluding steroid dienone is 1. The van der Waals surface area contributed by atoms with Gasteiger partial charge in [0.25, 0.3) is 0 Å². The number of aromatic nitrogens is 1. The highest BCUT2D eigenvalue weighted by molar-refractivity contribution is 7.88. The van der Waals surface area contributed by atoms with Crippen LogP contribution in [-0.2, 0) is 19.6 Å². The zero-order chi connectivity index (χ0) is 24.2. The average molecular weight is 525 g/mol. The summed E-state index contributed by atoms with van der Waals surface area (Å²) in [5.41, 5.74) is 1.43. The van der Waals surface area contributed by atoms with Crippen LogP contribution in [0.1, 0.15) is 23.5 Å². The van der Waals surface area contributed by atoms with Crippen LogP contribution in [0.15, 0.2) is 46.0 Å². The van der Waals surface area contributed by atoms with Crippen molar-refractivity contribution in [3.05, 3.63) is 62.5 Å². The van der Waals surface area contributed by atoms with E-state index in [1.165, 1.54) is 40.1 Å². The van der Waals surface area contributed by atoms with Crippen molar-refractivity contribution in [1.29, 1.82) is 0 Å². The Morgan fingerprint density at radius 2 is 2.09 bits per heavy atom. The molecule has 1 aromatic carbocycles. The van der Waals surface area contributed by atoms with E-state index in [9.17, 15) is 17.6 Å². The van der Waals surface area contributed by atoms with Crippen molar-refractivity contribution in [1.82, 2.24) is 14.6 Å². The van der Waals surface area contributed by atoms with E-state index in [-0.39, 0.29) is 29.4 Å². The van der Waals surface area contributed by atoms with Gasteiger partial charge in [-0.2, -0.15) is 0 Å². The average Bonchev–Trinajstić information content (AvgIpc) is 3.16. The van der Waals surface area contributed by atoms with Crippen LogP contribution in [0.5, 0.6) is 0 Å². The first-order valence-corrected chi connectivity index (χ1v) is 13.9. The Hall–Kier alpha value is -2.34. The van der Waals surface area contributed by atoms with E-state index in [0.29, 0.717) is 40.8 Å². The Morgan fingerprint density at radius 1 is 1.35 bits per heavy atom. The van der Waals surface area contributed by atoms with Gasteiger partial charge >= 0.3 is 5.97 Å². The van der Waals surface area contributed by atoms with E-state index in [4.69, 9.17) is 21.3 Å². The van der Waals surface area contributed by atoms with Crippen LogP contribution in [0.4, 0.5) is 4.39 Å². The number of rotatable bonds is 6. The number of amidine groups is 1. The fourth-order valence-corrected chi connectivity index (χ4v) is 6.59. The van der Waals surface area contributed by atoms with E-state index in [1.54, 1.807) is 13.1 Å². The number of thiazole rings is 1. The van der Waals surface area contributed by atoms with E-state index in [0.717, 1.165) is 0 Å². The van der Waals surface area contributed by atoms with E-state index in [1.807, 2.05) is 5.38 Å². The Balaban J connectivity index is 1.60. The molecule has 8 nitrogen and oxygen atoms in total. The first-order valence-electron chi connectivity index (χ1n) is 10.7. The quantitative estimate of drug-likeness (QED) is 0.583. The van der Waals surface area contributed by atoms with Gasteiger partial charge in [0.15, 0.2) is 10.8 Å². The van der Waals surface area contributed by atoms with Crippen molar-refractivity contribution < 1.29 is 22.3 Å². The molecule has 0 amide bonds. The summed E-state index contributed by atoms with van der Waals surface area (Å²) >= 11 is 7.79. The molecule has 3 heterocycles. The Kier molecular flexibility index (Phi) is 5.99. The molecule has 0 bridgehead atoms. The summed E-state index contributed by atoms with van der Waals surface area (Å²) in [6, 6.07) is 3.16. The Bertz CT molecular complexity index is 1300. The van der Waals surface area contributed by atoms with Crippen molar-refractivity contribution in [3.8, 4) is 0 Å². The molecule has 4 atom stereocenters. The lowest BCUT2D eigenvalue weighted by Gasteiger charge is -2.29. The molecule has 1 saturated carbocycles. The van der Waals surface area contributed by atoms with Gasteiger partial charge in [-0.05, 0) is 30.9 Å². The van der Waals surface area contributed by atoms with E-state index >= 15 is 0 Å². The summed E-state index contributed by atoms with van der Waals surface area (Å²) in [5.74, 6) is -0.477. The zero-order valence-corrected chi connectivity index (χ0v) is 20.8. The van der Waals surface area contributed by atoms with Gasteiger partial charge in [-0.3, -0.25) is 4.99 Å². The van der Waals surface area contributed by atoms with Gasteiger partial charge < -0.3 is 10.1 Å². The molecule has 0 spiro atoms. The monoisotopic (exact) mass is 524 g/mol. The number of carbonyl (C=O) groups excluding carboxylic acids is 1. The number of ether oxygens (including phenoxy) is 1. The number of halogens is 2. The lowest BCUT2D eigenvalue weighted by molar-refractivity contribution is -0.139. The summed E-state index contributed by atoms with van der Waals surface area (Å²) in [6.07, 6.45) is 2.86. The van der Waals surface area contributed by atoms with Gasteiger partial charge in [-0.1, -0.05) is 17.7 Å². The molecule has 3 aliphatic rings. The summed E-state index contributed by atoms with van der Waals surface area (Å²) in [7, 11) is -3.29. The Labute approximate surface area is 205 Å². The number of aliphatic imine (C=N–C) groups is 1. The molecule has 2 fully saturated rings. The smallest absolute Gasteiger partial charge is 0.338 e. The van der Waals surface area contributed by atoms with Crippen molar-refractivity contribution in [2.24, 2.45) is 22.7 Å². The topological polar surface area (TPSA) is 101 Å². The molecule has 1 unspecified atom stereocenters. The third kappa shape index (κ3) is 4.15. The zero-order valence-electron chi connectivity index (χ0n) is 18.4. The van der Waals surface area contributed by atoms with Gasteiger partial charge in [0, 0.05) is 46.9 Å². The minimum absolute atomic E-state index is 0.0652. The van der Waals surface area contributed by atoms with Crippen LogP contribution in [0, 0.1) is 23.6 Å². The van der Waals surface area contributed by atoms with Gasteiger partial charge in [0.1, 0.15) is 11.9 Å². The number of fused-ring (bicyclic) bond motifs is 1. The maximum absolute atomic E-state index is 13.8. The maximum Gasteiger partial charge on any atom is 0.338 e. The number of hydrogen-bond acceptors (Lipinski definition) is 8. The summed E-state index contributed by atoms with van der Waals surface area (Å²) in [5, 5.41) is 5.91. The SMILES string of the molecule is CCOC(=O)C1=C([C@H]2[C@@H]3CN(S(C)(=O)=O)C[C@@H]32)NC(c2nccs2)=NC1c1ccc(F)cc1Cl. The van der Waals surface area contributed by atoms with Crippen LogP contribution < -0.4 is 5.32 Å². The number of esters is 1. The summed E-state index contributed by atoms with van der Waals surface area (Å²) in [6.45, 7) is 2.67. The minimum Gasteiger partial charge on any atom is -0.463 e. The van der Waals surface area contributed by atoms with Crippen molar-refractivity contribution >= 4 is 44.8 Å². The van der Waals surface area contributed by atoms with Crippen LogP contribution in [0.3, 0.4) is 0 Å². The second-order valence-electron chi connectivity index (χ2n) is 8.49. The van der Waals surface area contributed by atoms with Crippen molar-refractivity contribution in [3.63, 3.8) is 0 Å². The predicted octanol–water partition coefficient (Wildman–Crippen LogP) is 2.98. The lowest BCUT2D eigenvalue weighted by atomic mass is 9.93. The van der Waals surface area contributed by atoms with Crippen molar-refractivity contribution in [2.45, 2.75) is 13.0 Å². The van der Waals surface area contributed by atoms with Crippen LogP contribution in [0.2, 0.25) is 5.02 Å².